The van der Waals surface area contributed by atoms with E-state index in [1.807, 2.05) is 6.07 Å². The van der Waals surface area contributed by atoms with E-state index in [1.54, 1.807) is 19.3 Å². The molecular weight excluding hydrogens is 236 g/mol. The number of rotatable bonds is 6. The van der Waals surface area contributed by atoms with Crippen LogP contribution in [0.15, 0.2) is 22.8 Å². The molecular formula is C12H18N2O4. The average Bonchev–Trinajstić information content (AvgIpc) is 2.81. The molecule has 1 aromatic rings. The fourth-order valence-electron chi connectivity index (χ4n) is 1.34. The first-order valence-corrected chi connectivity index (χ1v) is 5.79. The molecule has 6 nitrogen and oxygen atoms in total. The minimum absolute atomic E-state index is 0.313. The summed E-state index contributed by atoms with van der Waals surface area (Å²) < 4.78 is 5.11. The summed E-state index contributed by atoms with van der Waals surface area (Å²) in [6.45, 7) is 3.57. The SMILES string of the molecule is CCC(C)(NC(=O)NCCc1ccco1)C(=O)O. The number of hydrogen-bond donors (Lipinski definition) is 3. The standard InChI is InChI=1S/C12H18N2O4/c1-3-12(2,10(15)16)14-11(17)13-7-6-9-5-4-8-18-9/h4-5,8H,3,6-7H2,1-2H3,(H,15,16)(H2,13,14,17). The number of carboxylic acids is 1. The molecule has 0 saturated carbocycles. The normalized spacial score (nSPS) is 13.7. The molecule has 1 aromatic heterocycles. The van der Waals surface area contributed by atoms with Crippen LogP contribution in [0.2, 0.25) is 0 Å². The van der Waals surface area contributed by atoms with Gasteiger partial charge in [-0.1, -0.05) is 6.92 Å². The highest BCUT2D eigenvalue weighted by Gasteiger charge is 2.32. The predicted molar refractivity (Wildman–Crippen MR) is 65.3 cm³/mol. The molecule has 0 aliphatic rings. The third-order valence-corrected chi connectivity index (χ3v) is 2.81. The highest BCUT2D eigenvalue weighted by molar-refractivity contribution is 5.85. The Balaban J connectivity index is 2.35. The lowest BCUT2D eigenvalue weighted by atomic mass is 10.00. The summed E-state index contributed by atoms with van der Waals surface area (Å²) in [5.41, 5.74) is -1.24. The second kappa shape index (κ2) is 6.09. The van der Waals surface area contributed by atoms with Crippen LogP contribution in [-0.4, -0.2) is 29.2 Å². The number of carboxylic acid groups (broad SMARTS) is 1. The Kier molecular flexibility index (Phi) is 4.76. The average molecular weight is 254 g/mol. The van der Waals surface area contributed by atoms with Gasteiger partial charge in [-0.25, -0.2) is 9.59 Å². The maximum Gasteiger partial charge on any atom is 0.329 e. The van der Waals surface area contributed by atoms with Crippen molar-refractivity contribution in [1.29, 1.82) is 0 Å². The summed E-state index contributed by atoms with van der Waals surface area (Å²) >= 11 is 0. The number of nitrogens with one attached hydrogen (secondary N) is 2. The zero-order valence-corrected chi connectivity index (χ0v) is 10.5. The van der Waals surface area contributed by atoms with Crippen molar-refractivity contribution in [2.45, 2.75) is 32.2 Å². The van der Waals surface area contributed by atoms with Crippen molar-refractivity contribution < 1.29 is 19.1 Å². The molecule has 0 spiro atoms. The zero-order chi connectivity index (χ0) is 13.6. The molecule has 0 aliphatic carbocycles. The van der Waals surface area contributed by atoms with E-state index < -0.39 is 17.5 Å². The van der Waals surface area contributed by atoms with Crippen LogP contribution in [0.4, 0.5) is 4.79 Å². The summed E-state index contributed by atoms with van der Waals surface area (Å²) in [4.78, 5) is 22.5. The van der Waals surface area contributed by atoms with Crippen LogP contribution in [0.25, 0.3) is 0 Å². The molecule has 18 heavy (non-hydrogen) atoms. The zero-order valence-electron chi connectivity index (χ0n) is 10.5. The molecule has 0 fully saturated rings. The van der Waals surface area contributed by atoms with Crippen molar-refractivity contribution in [3.05, 3.63) is 24.2 Å². The van der Waals surface area contributed by atoms with E-state index in [0.717, 1.165) is 5.76 Å². The molecule has 6 heteroatoms. The second-order valence-electron chi connectivity index (χ2n) is 4.20. The highest BCUT2D eigenvalue weighted by atomic mass is 16.4. The van der Waals surface area contributed by atoms with E-state index >= 15 is 0 Å². The summed E-state index contributed by atoms with van der Waals surface area (Å²) in [6, 6.07) is 3.09. The number of carbonyl (C=O) groups excluding carboxylic acids is 1. The van der Waals surface area contributed by atoms with Crippen molar-refractivity contribution >= 4 is 12.0 Å². The van der Waals surface area contributed by atoms with Crippen molar-refractivity contribution in [3.63, 3.8) is 0 Å². The molecule has 0 radical (unpaired) electrons. The van der Waals surface area contributed by atoms with Crippen molar-refractivity contribution in [3.8, 4) is 0 Å². The summed E-state index contributed by atoms with van der Waals surface area (Å²) in [6.07, 6.45) is 2.44. The van der Waals surface area contributed by atoms with E-state index in [2.05, 4.69) is 10.6 Å². The maximum absolute atomic E-state index is 11.5. The fourth-order valence-corrected chi connectivity index (χ4v) is 1.34. The molecule has 1 heterocycles. The van der Waals surface area contributed by atoms with Crippen LogP contribution < -0.4 is 10.6 Å². The molecule has 2 amide bonds. The Hall–Kier alpha value is -1.98. The molecule has 0 bridgehead atoms. The Bertz CT molecular complexity index is 402. The molecule has 0 aliphatic heterocycles. The van der Waals surface area contributed by atoms with Crippen LogP contribution in [0.5, 0.6) is 0 Å². The first-order chi connectivity index (χ1) is 8.48. The summed E-state index contributed by atoms with van der Waals surface area (Å²) in [5, 5.41) is 14.0. The Morgan fingerprint density at radius 1 is 1.50 bits per heavy atom. The van der Waals surface area contributed by atoms with Crippen LogP contribution in [0, 0.1) is 0 Å². The van der Waals surface area contributed by atoms with Gasteiger partial charge in [-0.05, 0) is 25.5 Å². The van der Waals surface area contributed by atoms with E-state index in [1.165, 1.54) is 6.92 Å². The molecule has 3 N–H and O–H groups in total. The lowest BCUT2D eigenvalue weighted by Crippen LogP contribution is -2.55. The number of urea groups is 1. The van der Waals surface area contributed by atoms with Crippen molar-refractivity contribution in [2.24, 2.45) is 0 Å². The lowest BCUT2D eigenvalue weighted by molar-refractivity contribution is -0.143. The third kappa shape index (κ3) is 3.80. The maximum atomic E-state index is 11.5. The molecule has 0 aromatic carbocycles. The highest BCUT2D eigenvalue weighted by Crippen LogP contribution is 2.08. The van der Waals surface area contributed by atoms with Gasteiger partial charge < -0.3 is 20.2 Å². The minimum Gasteiger partial charge on any atom is -0.480 e. The number of furan rings is 1. The molecule has 1 unspecified atom stereocenters. The van der Waals surface area contributed by atoms with Gasteiger partial charge in [0.2, 0.25) is 0 Å². The molecule has 1 atom stereocenters. The van der Waals surface area contributed by atoms with Crippen LogP contribution >= 0.6 is 0 Å². The van der Waals surface area contributed by atoms with Crippen molar-refractivity contribution in [1.82, 2.24) is 10.6 Å². The summed E-state index contributed by atoms with van der Waals surface area (Å²) in [5.74, 6) is -0.280. The van der Waals surface area contributed by atoms with Crippen LogP contribution in [0.3, 0.4) is 0 Å². The van der Waals surface area contributed by atoms with E-state index in [0.29, 0.717) is 19.4 Å². The minimum atomic E-state index is -1.24. The van der Waals surface area contributed by atoms with Gasteiger partial charge in [-0.3, -0.25) is 0 Å². The van der Waals surface area contributed by atoms with Gasteiger partial charge in [-0.15, -0.1) is 0 Å². The number of carbonyl (C=O) groups is 2. The smallest absolute Gasteiger partial charge is 0.329 e. The number of amides is 2. The Morgan fingerprint density at radius 2 is 2.22 bits per heavy atom. The lowest BCUT2D eigenvalue weighted by Gasteiger charge is -2.24. The molecule has 100 valence electrons. The van der Waals surface area contributed by atoms with Gasteiger partial charge >= 0.3 is 12.0 Å². The largest absolute Gasteiger partial charge is 0.480 e. The van der Waals surface area contributed by atoms with Gasteiger partial charge in [-0.2, -0.15) is 0 Å². The molecule has 0 saturated heterocycles. The topological polar surface area (TPSA) is 91.6 Å². The van der Waals surface area contributed by atoms with Gasteiger partial charge in [0.1, 0.15) is 11.3 Å². The number of aliphatic carboxylic acids is 1. The first kappa shape index (κ1) is 14.1. The van der Waals surface area contributed by atoms with Crippen LogP contribution in [-0.2, 0) is 11.2 Å². The van der Waals surface area contributed by atoms with Crippen molar-refractivity contribution in [2.75, 3.05) is 6.54 Å². The molecule has 1 rings (SSSR count). The Labute approximate surface area is 105 Å². The predicted octanol–water partition coefficient (Wildman–Crippen LogP) is 1.37. The van der Waals surface area contributed by atoms with Gasteiger partial charge in [0.05, 0.1) is 6.26 Å². The van der Waals surface area contributed by atoms with Gasteiger partial charge in [0.15, 0.2) is 0 Å². The van der Waals surface area contributed by atoms with E-state index in [-0.39, 0.29) is 0 Å². The van der Waals surface area contributed by atoms with Crippen LogP contribution in [0.1, 0.15) is 26.0 Å². The Morgan fingerprint density at radius 3 is 2.72 bits per heavy atom. The second-order valence-corrected chi connectivity index (χ2v) is 4.20. The first-order valence-electron chi connectivity index (χ1n) is 5.79. The third-order valence-electron chi connectivity index (χ3n) is 2.81. The van der Waals surface area contributed by atoms with Gasteiger partial charge in [0.25, 0.3) is 0 Å². The number of hydrogen-bond acceptors (Lipinski definition) is 3. The summed E-state index contributed by atoms with van der Waals surface area (Å²) in [7, 11) is 0. The quantitative estimate of drug-likeness (QED) is 0.715. The van der Waals surface area contributed by atoms with Gasteiger partial charge in [0, 0.05) is 13.0 Å². The van der Waals surface area contributed by atoms with E-state index in [4.69, 9.17) is 9.52 Å². The fraction of sp³-hybridized carbons (Fsp3) is 0.500. The van der Waals surface area contributed by atoms with E-state index in [9.17, 15) is 9.59 Å². The monoisotopic (exact) mass is 254 g/mol.